The predicted molar refractivity (Wildman–Crippen MR) is 93.9 cm³/mol. The van der Waals surface area contributed by atoms with Gasteiger partial charge in [0, 0.05) is 23.1 Å². The van der Waals surface area contributed by atoms with Gasteiger partial charge in [0.2, 0.25) is 6.29 Å². The number of aromatic hydroxyl groups is 1. The van der Waals surface area contributed by atoms with Gasteiger partial charge in [0.1, 0.15) is 5.75 Å². The number of phenolic OH excluding ortho intramolecular Hbond substituents is 1. The maximum Gasteiger partial charge on any atom is 0.262 e. The molecule has 0 fully saturated rings. The molecule has 0 saturated carbocycles. The second-order valence-corrected chi connectivity index (χ2v) is 6.17. The molecule has 0 aliphatic rings. The number of aromatic nitrogens is 1. The zero-order chi connectivity index (χ0) is 17.4. The highest BCUT2D eigenvalue weighted by Gasteiger charge is 2.20. The van der Waals surface area contributed by atoms with Crippen LogP contribution in [-0.2, 0) is 11.2 Å². The lowest BCUT2D eigenvalue weighted by molar-refractivity contribution is 0.0963. The highest BCUT2D eigenvalue weighted by atomic mass is 35.5. The molecule has 121 valence electrons. The van der Waals surface area contributed by atoms with Gasteiger partial charge in [0.25, 0.3) is 5.91 Å². The van der Waals surface area contributed by atoms with Gasteiger partial charge in [0.05, 0.1) is 15.6 Å². The first kappa shape index (κ1) is 16.6. The minimum absolute atomic E-state index is 0.0352. The van der Waals surface area contributed by atoms with Crippen LogP contribution in [0.1, 0.15) is 21.6 Å². The summed E-state index contributed by atoms with van der Waals surface area (Å²) in [5.41, 5.74) is 2.25. The minimum Gasteiger partial charge on any atom is -0.508 e. The van der Waals surface area contributed by atoms with Crippen LogP contribution in [0.5, 0.6) is 5.75 Å². The molecular formula is C18H12Cl2NO3. The molecule has 2 aromatic carbocycles. The van der Waals surface area contributed by atoms with Gasteiger partial charge in [0.15, 0.2) is 0 Å². The van der Waals surface area contributed by atoms with E-state index in [1.165, 1.54) is 22.8 Å². The molecule has 6 heteroatoms. The lowest BCUT2D eigenvalue weighted by atomic mass is 10.1. The maximum atomic E-state index is 12.9. The molecule has 24 heavy (non-hydrogen) atoms. The Balaban J connectivity index is 2.25. The number of phenols is 1. The van der Waals surface area contributed by atoms with Crippen LogP contribution in [0.15, 0.2) is 36.4 Å². The molecule has 1 aromatic heterocycles. The van der Waals surface area contributed by atoms with E-state index in [4.69, 9.17) is 23.2 Å². The monoisotopic (exact) mass is 360 g/mol. The molecule has 0 bridgehead atoms. The maximum absolute atomic E-state index is 12.9. The molecule has 0 unspecified atom stereocenters. The van der Waals surface area contributed by atoms with E-state index in [1.807, 2.05) is 6.29 Å². The Hall–Kier alpha value is -2.30. The number of nitrogens with zero attached hydrogens (tertiary/aromatic N) is 1. The number of halogens is 2. The van der Waals surface area contributed by atoms with Crippen LogP contribution in [0.3, 0.4) is 0 Å². The van der Waals surface area contributed by atoms with E-state index in [9.17, 15) is 14.7 Å². The van der Waals surface area contributed by atoms with E-state index >= 15 is 0 Å². The summed E-state index contributed by atoms with van der Waals surface area (Å²) in [4.78, 5) is 23.8. The summed E-state index contributed by atoms with van der Waals surface area (Å²) < 4.78 is 1.50. The molecule has 4 nitrogen and oxygen atoms in total. The SMILES string of the molecule is Cc1c(C[C]=O)c2cc(O)ccc2n1C(=O)c1ccc(Cl)c(Cl)c1. The van der Waals surface area contributed by atoms with Gasteiger partial charge in [-0.05, 0) is 48.9 Å². The van der Waals surface area contributed by atoms with Gasteiger partial charge in [-0.2, -0.15) is 0 Å². The zero-order valence-corrected chi connectivity index (χ0v) is 14.1. The molecule has 0 aliphatic carbocycles. The molecule has 1 radical (unpaired) electrons. The van der Waals surface area contributed by atoms with Crippen LogP contribution in [0.4, 0.5) is 0 Å². The highest BCUT2D eigenvalue weighted by Crippen LogP contribution is 2.31. The van der Waals surface area contributed by atoms with Crippen molar-refractivity contribution in [2.75, 3.05) is 0 Å². The van der Waals surface area contributed by atoms with E-state index < -0.39 is 0 Å². The fraction of sp³-hybridized carbons (Fsp3) is 0.111. The average Bonchev–Trinajstić information content (AvgIpc) is 2.82. The third kappa shape index (κ3) is 2.68. The molecular weight excluding hydrogens is 349 g/mol. The minimum atomic E-state index is -0.293. The summed E-state index contributed by atoms with van der Waals surface area (Å²) in [6.07, 6.45) is 1.89. The molecule has 0 spiro atoms. The van der Waals surface area contributed by atoms with E-state index in [1.54, 1.807) is 25.1 Å². The first-order valence-corrected chi connectivity index (χ1v) is 7.87. The van der Waals surface area contributed by atoms with Crippen LogP contribution < -0.4 is 0 Å². The smallest absolute Gasteiger partial charge is 0.262 e. The summed E-state index contributed by atoms with van der Waals surface area (Å²) in [6.45, 7) is 1.75. The van der Waals surface area contributed by atoms with Crippen molar-refractivity contribution in [3.8, 4) is 5.75 Å². The Kier molecular flexibility index (Phi) is 4.35. The first-order chi connectivity index (χ1) is 11.4. The van der Waals surface area contributed by atoms with Crippen LogP contribution in [0, 0.1) is 6.92 Å². The lowest BCUT2D eigenvalue weighted by Gasteiger charge is -2.08. The second-order valence-electron chi connectivity index (χ2n) is 5.36. The van der Waals surface area contributed by atoms with Crippen LogP contribution >= 0.6 is 23.2 Å². The summed E-state index contributed by atoms with van der Waals surface area (Å²) in [7, 11) is 0. The van der Waals surface area contributed by atoms with Crippen LogP contribution in [0.25, 0.3) is 10.9 Å². The topological polar surface area (TPSA) is 59.3 Å². The molecule has 1 heterocycles. The number of rotatable bonds is 3. The Morgan fingerprint density at radius 1 is 1.17 bits per heavy atom. The summed E-state index contributed by atoms with van der Waals surface area (Å²) >= 11 is 11.9. The summed E-state index contributed by atoms with van der Waals surface area (Å²) in [5.74, 6) is -0.229. The van der Waals surface area contributed by atoms with Crippen molar-refractivity contribution in [3.05, 3.63) is 63.3 Å². The normalized spacial score (nSPS) is 11.0. The number of benzene rings is 2. The fourth-order valence-electron chi connectivity index (χ4n) is 2.79. The van der Waals surface area contributed by atoms with Gasteiger partial charge in [-0.1, -0.05) is 23.2 Å². The molecule has 0 amide bonds. The summed E-state index contributed by atoms with van der Waals surface area (Å²) in [5, 5.41) is 11.0. The Morgan fingerprint density at radius 2 is 1.92 bits per heavy atom. The second kappa shape index (κ2) is 6.30. The van der Waals surface area contributed by atoms with Crippen LogP contribution in [0.2, 0.25) is 10.0 Å². The molecule has 0 saturated heterocycles. The number of hydrogen-bond acceptors (Lipinski definition) is 3. The van der Waals surface area contributed by atoms with E-state index in [0.29, 0.717) is 32.7 Å². The van der Waals surface area contributed by atoms with Gasteiger partial charge >= 0.3 is 0 Å². The van der Waals surface area contributed by atoms with Crippen molar-refractivity contribution in [3.63, 3.8) is 0 Å². The average molecular weight is 361 g/mol. The van der Waals surface area contributed by atoms with Crippen molar-refractivity contribution in [1.29, 1.82) is 0 Å². The quantitative estimate of drug-likeness (QED) is 0.757. The van der Waals surface area contributed by atoms with Crippen molar-refractivity contribution >= 4 is 46.3 Å². The lowest BCUT2D eigenvalue weighted by Crippen LogP contribution is -2.13. The van der Waals surface area contributed by atoms with E-state index in [-0.39, 0.29) is 23.1 Å². The summed E-state index contributed by atoms with van der Waals surface area (Å²) in [6, 6.07) is 9.32. The molecule has 0 aliphatic heterocycles. The van der Waals surface area contributed by atoms with Crippen molar-refractivity contribution < 1.29 is 14.7 Å². The molecule has 3 aromatic rings. The molecule has 3 rings (SSSR count). The van der Waals surface area contributed by atoms with Gasteiger partial charge < -0.3 is 5.11 Å². The molecule has 0 atom stereocenters. The Bertz CT molecular complexity index is 976. The third-order valence-corrected chi connectivity index (χ3v) is 4.68. The van der Waals surface area contributed by atoms with E-state index in [2.05, 4.69) is 0 Å². The highest BCUT2D eigenvalue weighted by molar-refractivity contribution is 6.42. The van der Waals surface area contributed by atoms with Gasteiger partial charge in [-0.25, -0.2) is 0 Å². The zero-order valence-electron chi connectivity index (χ0n) is 12.6. The fourth-order valence-corrected chi connectivity index (χ4v) is 3.08. The standard InChI is InChI=1S/C18H12Cl2NO3/c1-10-13(6-7-22)14-9-12(23)3-5-17(14)21(10)18(24)11-2-4-15(19)16(20)8-11/h2-5,8-9,23H,6H2,1H3. The first-order valence-electron chi connectivity index (χ1n) is 7.11. The molecule has 1 N–H and O–H groups in total. The van der Waals surface area contributed by atoms with E-state index in [0.717, 1.165) is 0 Å². The van der Waals surface area contributed by atoms with Crippen molar-refractivity contribution in [1.82, 2.24) is 4.57 Å². The predicted octanol–water partition coefficient (Wildman–Crippen LogP) is 4.30. The van der Waals surface area contributed by atoms with Crippen LogP contribution in [-0.4, -0.2) is 21.9 Å². The largest absolute Gasteiger partial charge is 0.508 e. The Labute approximate surface area is 148 Å². The van der Waals surface area contributed by atoms with Gasteiger partial charge in [-0.3, -0.25) is 14.2 Å². The van der Waals surface area contributed by atoms with Gasteiger partial charge in [-0.15, -0.1) is 0 Å². The number of fused-ring (bicyclic) bond motifs is 1. The van der Waals surface area contributed by atoms with Crippen molar-refractivity contribution in [2.45, 2.75) is 13.3 Å². The van der Waals surface area contributed by atoms with Crippen molar-refractivity contribution in [2.24, 2.45) is 0 Å². The number of carbonyl (C=O) groups is 1. The number of hydrogen-bond donors (Lipinski definition) is 1. The Morgan fingerprint density at radius 3 is 2.58 bits per heavy atom. The number of carbonyl (C=O) groups excluding carboxylic acids is 2. The third-order valence-electron chi connectivity index (χ3n) is 3.94.